The quantitative estimate of drug-likeness (QED) is 0.634. The summed E-state index contributed by atoms with van der Waals surface area (Å²) in [5.74, 6) is 0.0802. The van der Waals surface area contributed by atoms with E-state index in [0.29, 0.717) is 5.75 Å². The first-order valence-electron chi connectivity index (χ1n) is 9.00. The van der Waals surface area contributed by atoms with Crippen molar-refractivity contribution in [3.8, 4) is 5.75 Å². The molecule has 164 valence electrons. The van der Waals surface area contributed by atoms with Crippen molar-refractivity contribution < 1.29 is 31.1 Å². The lowest BCUT2D eigenvalue weighted by molar-refractivity contribution is -0.137. The molecule has 30 heavy (non-hydrogen) atoms. The van der Waals surface area contributed by atoms with Gasteiger partial charge in [0, 0.05) is 0 Å². The maximum atomic E-state index is 12.7. The average molecular weight is 444 g/mol. The van der Waals surface area contributed by atoms with Gasteiger partial charge in [0.15, 0.2) is 0 Å². The molecule has 0 saturated carbocycles. The molecule has 0 bridgehead atoms. The van der Waals surface area contributed by atoms with Crippen LogP contribution in [0.25, 0.3) is 0 Å². The molecule has 1 amide bonds. The molecule has 2 aromatic rings. The number of carbonyl (C=O) groups is 1. The molecule has 0 unspecified atom stereocenters. The minimum atomic E-state index is -4.54. The Bertz CT molecular complexity index is 990. The van der Waals surface area contributed by atoms with Gasteiger partial charge in [-0.2, -0.15) is 13.2 Å². The zero-order valence-electron chi connectivity index (χ0n) is 16.8. The van der Waals surface area contributed by atoms with Crippen LogP contribution in [-0.2, 0) is 21.0 Å². The summed E-state index contributed by atoms with van der Waals surface area (Å²) < 4.78 is 68.5. The Morgan fingerprint density at radius 1 is 1.10 bits per heavy atom. The van der Waals surface area contributed by atoms with Crippen molar-refractivity contribution in [2.75, 3.05) is 30.3 Å². The van der Waals surface area contributed by atoms with Crippen molar-refractivity contribution >= 4 is 21.6 Å². The highest BCUT2D eigenvalue weighted by molar-refractivity contribution is 7.92. The van der Waals surface area contributed by atoms with Gasteiger partial charge in [-0.3, -0.25) is 9.10 Å². The molecule has 1 N–H and O–H groups in total. The van der Waals surface area contributed by atoms with Crippen LogP contribution in [0.4, 0.5) is 18.9 Å². The summed E-state index contributed by atoms with van der Waals surface area (Å²) in [5, 5.41) is 2.54. The van der Waals surface area contributed by atoms with Crippen molar-refractivity contribution in [2.24, 2.45) is 0 Å². The number of halogens is 3. The van der Waals surface area contributed by atoms with Gasteiger partial charge >= 0.3 is 6.18 Å². The van der Waals surface area contributed by atoms with Gasteiger partial charge in [-0.25, -0.2) is 8.42 Å². The minimum absolute atomic E-state index is 0.0349. The molecule has 10 heteroatoms. The summed E-state index contributed by atoms with van der Waals surface area (Å²) in [4.78, 5) is 12.2. The fourth-order valence-corrected chi connectivity index (χ4v) is 3.49. The Hall–Kier alpha value is -2.75. The first kappa shape index (κ1) is 23.5. The molecule has 0 aromatic heterocycles. The molecule has 0 spiro atoms. The molecule has 2 rings (SSSR count). The van der Waals surface area contributed by atoms with Gasteiger partial charge in [-0.05, 0) is 55.3 Å². The van der Waals surface area contributed by atoms with E-state index in [2.05, 4.69) is 5.32 Å². The first-order valence-corrected chi connectivity index (χ1v) is 10.8. The molecule has 0 radical (unpaired) electrons. The van der Waals surface area contributed by atoms with Crippen LogP contribution in [0, 0.1) is 13.8 Å². The highest BCUT2D eigenvalue weighted by Gasteiger charge is 2.30. The largest absolute Gasteiger partial charge is 0.491 e. The van der Waals surface area contributed by atoms with Gasteiger partial charge in [0.05, 0.1) is 24.1 Å². The number of anilines is 1. The highest BCUT2D eigenvalue weighted by atomic mass is 32.2. The number of rotatable bonds is 8. The van der Waals surface area contributed by atoms with E-state index in [9.17, 15) is 26.4 Å². The van der Waals surface area contributed by atoms with E-state index in [1.165, 1.54) is 0 Å². The maximum absolute atomic E-state index is 12.7. The molecule has 0 atom stereocenters. The van der Waals surface area contributed by atoms with Crippen LogP contribution < -0.4 is 14.4 Å². The number of ether oxygens (including phenoxy) is 1. The second-order valence-corrected chi connectivity index (χ2v) is 8.62. The van der Waals surface area contributed by atoms with Crippen LogP contribution in [0.15, 0.2) is 42.5 Å². The van der Waals surface area contributed by atoms with E-state index < -0.39 is 34.2 Å². The van der Waals surface area contributed by atoms with Gasteiger partial charge in [-0.15, -0.1) is 0 Å². The van der Waals surface area contributed by atoms with Crippen LogP contribution in [0.3, 0.4) is 0 Å². The lowest BCUT2D eigenvalue weighted by Gasteiger charge is -2.22. The second-order valence-electron chi connectivity index (χ2n) is 6.71. The third-order valence-corrected chi connectivity index (χ3v) is 5.55. The number of hydrogen-bond acceptors (Lipinski definition) is 4. The van der Waals surface area contributed by atoms with E-state index in [1.807, 2.05) is 26.0 Å². The summed E-state index contributed by atoms with van der Waals surface area (Å²) in [5.41, 5.74) is 1.10. The lowest BCUT2D eigenvalue weighted by Crippen LogP contribution is -2.41. The van der Waals surface area contributed by atoms with Crippen LogP contribution in [0.2, 0.25) is 0 Å². The zero-order valence-corrected chi connectivity index (χ0v) is 17.6. The Morgan fingerprint density at radius 2 is 1.73 bits per heavy atom. The number of nitrogens with one attached hydrogen (secondary N) is 1. The Labute approximate surface area is 173 Å². The van der Waals surface area contributed by atoms with Gasteiger partial charge in [0.2, 0.25) is 15.9 Å². The van der Waals surface area contributed by atoms with Crippen molar-refractivity contribution in [2.45, 2.75) is 20.0 Å². The van der Waals surface area contributed by atoms with Crippen molar-refractivity contribution in [3.63, 3.8) is 0 Å². The van der Waals surface area contributed by atoms with E-state index >= 15 is 0 Å². The molecule has 6 nitrogen and oxygen atoms in total. The number of benzene rings is 2. The Balaban J connectivity index is 1.96. The number of nitrogens with zero attached hydrogens (tertiary/aromatic N) is 1. The van der Waals surface area contributed by atoms with Gasteiger partial charge in [0.1, 0.15) is 18.9 Å². The topological polar surface area (TPSA) is 75.7 Å². The predicted molar refractivity (Wildman–Crippen MR) is 108 cm³/mol. The molecule has 0 aliphatic heterocycles. The molecular formula is C20H23F3N2O4S. The van der Waals surface area contributed by atoms with E-state index in [-0.39, 0.29) is 18.8 Å². The maximum Gasteiger partial charge on any atom is 0.416 e. The van der Waals surface area contributed by atoms with Crippen LogP contribution in [0.1, 0.15) is 16.7 Å². The van der Waals surface area contributed by atoms with Gasteiger partial charge in [-0.1, -0.05) is 12.1 Å². The molecular weight excluding hydrogens is 421 g/mol. The minimum Gasteiger partial charge on any atom is -0.491 e. The standard InChI is InChI=1S/C20H23F3N2O4S/c1-14-5-4-6-18(15(14)2)29-12-11-24-19(26)13-25(30(3,27)28)17-9-7-16(8-10-17)20(21,22)23/h4-10H,11-13H2,1-3H3,(H,24,26). The van der Waals surface area contributed by atoms with Crippen LogP contribution >= 0.6 is 0 Å². The smallest absolute Gasteiger partial charge is 0.416 e. The fraction of sp³-hybridized carbons (Fsp3) is 0.350. The Morgan fingerprint density at radius 3 is 2.30 bits per heavy atom. The first-order chi connectivity index (χ1) is 13.9. The number of sulfonamides is 1. The number of carbonyl (C=O) groups excluding carboxylic acids is 1. The third kappa shape index (κ3) is 6.38. The lowest BCUT2D eigenvalue weighted by atomic mass is 10.1. The van der Waals surface area contributed by atoms with Gasteiger partial charge in [0.25, 0.3) is 0 Å². The molecule has 0 fully saturated rings. The van der Waals surface area contributed by atoms with Crippen molar-refractivity contribution in [1.29, 1.82) is 0 Å². The summed E-state index contributed by atoms with van der Waals surface area (Å²) in [6.07, 6.45) is -3.66. The highest BCUT2D eigenvalue weighted by Crippen LogP contribution is 2.31. The molecule has 0 heterocycles. The van der Waals surface area contributed by atoms with E-state index in [1.54, 1.807) is 6.07 Å². The second kappa shape index (κ2) is 9.38. The summed E-state index contributed by atoms with van der Waals surface area (Å²) in [6.45, 7) is 3.61. The van der Waals surface area contributed by atoms with Crippen LogP contribution in [0.5, 0.6) is 5.75 Å². The molecule has 2 aromatic carbocycles. The predicted octanol–water partition coefficient (Wildman–Crippen LogP) is 3.28. The summed E-state index contributed by atoms with van der Waals surface area (Å²) in [7, 11) is -3.89. The van der Waals surface area contributed by atoms with Gasteiger partial charge < -0.3 is 10.1 Å². The number of aryl methyl sites for hydroxylation is 1. The van der Waals surface area contributed by atoms with Crippen molar-refractivity contribution in [1.82, 2.24) is 5.32 Å². The van der Waals surface area contributed by atoms with Crippen molar-refractivity contribution in [3.05, 3.63) is 59.2 Å². The average Bonchev–Trinajstić information content (AvgIpc) is 2.65. The normalized spacial score (nSPS) is 11.8. The monoisotopic (exact) mass is 444 g/mol. The van der Waals surface area contributed by atoms with E-state index in [4.69, 9.17) is 4.74 Å². The van der Waals surface area contributed by atoms with E-state index in [0.717, 1.165) is 46.0 Å². The molecule has 0 aliphatic carbocycles. The summed E-state index contributed by atoms with van der Waals surface area (Å²) in [6, 6.07) is 9.17. The SMILES string of the molecule is Cc1cccc(OCCNC(=O)CN(c2ccc(C(F)(F)F)cc2)S(C)(=O)=O)c1C. The number of hydrogen-bond donors (Lipinski definition) is 1. The number of amides is 1. The molecule has 0 aliphatic rings. The zero-order chi connectivity index (χ0) is 22.5. The number of alkyl halides is 3. The fourth-order valence-electron chi connectivity index (χ4n) is 2.64. The Kier molecular flexibility index (Phi) is 7.35. The third-order valence-electron chi connectivity index (χ3n) is 4.41. The molecule has 0 saturated heterocycles. The van der Waals surface area contributed by atoms with Crippen LogP contribution in [-0.4, -0.2) is 40.3 Å². The summed E-state index contributed by atoms with van der Waals surface area (Å²) >= 11 is 0.